The predicted octanol–water partition coefficient (Wildman–Crippen LogP) is 5.82. The third-order valence-corrected chi connectivity index (χ3v) is 15.3. The van der Waals surface area contributed by atoms with Crippen molar-refractivity contribution < 1.29 is 33.3 Å². The minimum atomic E-state index is -0.978. The second-order valence-electron chi connectivity index (χ2n) is 21.5. The molecule has 4 aromatic rings. The lowest BCUT2D eigenvalue weighted by Crippen LogP contribution is -2.56. The van der Waals surface area contributed by atoms with E-state index in [9.17, 15) is 24.3 Å². The van der Waals surface area contributed by atoms with E-state index in [1.54, 1.807) is 11.0 Å². The predicted molar refractivity (Wildman–Crippen MR) is 281 cm³/mol. The van der Waals surface area contributed by atoms with Crippen LogP contribution in [0, 0.1) is 28.5 Å². The molecule has 400 valence electrons. The summed E-state index contributed by atoms with van der Waals surface area (Å²) in [7, 11) is 4.23. The number of carbonyl (C=O) groups excluding carboxylic acids is 1. The molecule has 10 rings (SSSR count). The van der Waals surface area contributed by atoms with Gasteiger partial charge in [0.1, 0.15) is 36.3 Å². The number of likely N-dealkylation sites (N-methyl/N-ethyl adjacent to an activating group) is 2. The Balaban J connectivity index is 0.000000199. The first kappa shape index (κ1) is 53.0. The van der Waals surface area contributed by atoms with Gasteiger partial charge in [0.05, 0.1) is 55.0 Å². The maximum absolute atomic E-state index is 14.7. The first-order valence-electron chi connectivity index (χ1n) is 26.5. The SMILES string of the molecule is CN1CCCC1COc1nc2c(c(N3CCN(C(=O)O)C(CC#N)C3)n1)CCNC2.CN1CCC[C@H]1COc1nc2c(c(N3CCN(C(=O)OC(C)(C)C)C(CC#N)C3)n1)CCN(c1cccc3c(F)cccc13)C2. The van der Waals surface area contributed by atoms with Crippen LogP contribution in [0.4, 0.5) is 31.3 Å². The monoisotopic (exact) mass is 1030 g/mol. The normalized spacial score (nSPS) is 22.2. The molecule has 6 aliphatic heterocycles. The molecule has 0 radical (unpaired) electrons. The maximum Gasteiger partial charge on any atom is 0.410 e. The van der Waals surface area contributed by atoms with Gasteiger partial charge < -0.3 is 58.9 Å². The number of fused-ring (bicyclic) bond motifs is 3. The molecule has 0 bridgehead atoms. The Bertz CT molecular complexity index is 2780. The third-order valence-electron chi connectivity index (χ3n) is 15.3. The molecule has 4 saturated heterocycles. The summed E-state index contributed by atoms with van der Waals surface area (Å²) in [5, 5.41) is 33.1. The van der Waals surface area contributed by atoms with E-state index in [4.69, 9.17) is 34.4 Å². The number of benzene rings is 2. The van der Waals surface area contributed by atoms with E-state index in [0.717, 1.165) is 90.5 Å². The van der Waals surface area contributed by atoms with Gasteiger partial charge in [0.2, 0.25) is 0 Å². The van der Waals surface area contributed by atoms with E-state index in [0.29, 0.717) is 108 Å². The van der Waals surface area contributed by atoms with Gasteiger partial charge >= 0.3 is 24.2 Å². The highest BCUT2D eigenvalue weighted by molar-refractivity contribution is 5.94. The standard InChI is InChI=1S/C34H42FN7O3.C20H29N7O3/c1-34(2,3)45-33(43)42-19-18-41(20-23(42)13-15-36)31-27-14-17-40(30-12-6-9-25-26(30)10-5-11-28(25)35)21-29(27)37-32(38-31)44-22-24-8-7-16-39(24)4;1-25-8-2-3-15(25)13-30-19-23-17-11-22-7-5-16(17)18(24-19)26-9-10-27(20(28)29)14(12-26)4-6-21/h5-6,9-12,23-24H,7-8,13-14,16-22H2,1-4H3;14-15,22H,2-5,7-13H2,1H3,(H,28,29)/t23?,24-;/m0./s1. The highest BCUT2D eigenvalue weighted by Gasteiger charge is 2.37. The minimum Gasteiger partial charge on any atom is -0.465 e. The van der Waals surface area contributed by atoms with Crippen molar-refractivity contribution >= 4 is 40.3 Å². The average Bonchev–Trinajstić information content (AvgIpc) is 4.02. The van der Waals surface area contributed by atoms with E-state index in [1.807, 2.05) is 45.0 Å². The highest BCUT2D eigenvalue weighted by Crippen LogP contribution is 2.36. The number of nitriles is 2. The van der Waals surface area contributed by atoms with Crippen molar-refractivity contribution in [3.05, 3.63) is 64.7 Å². The summed E-state index contributed by atoms with van der Waals surface area (Å²) in [6.07, 6.45) is 4.98. The summed E-state index contributed by atoms with van der Waals surface area (Å²) >= 11 is 0. The average molecular weight is 1030 g/mol. The molecule has 2 aromatic heterocycles. The Morgan fingerprint density at radius 3 is 1.88 bits per heavy atom. The van der Waals surface area contributed by atoms with Gasteiger partial charge in [0.25, 0.3) is 0 Å². The van der Waals surface area contributed by atoms with Gasteiger partial charge in [-0.15, -0.1) is 0 Å². The number of nitrogens with one attached hydrogen (secondary N) is 1. The number of carboxylic acid groups (broad SMARTS) is 1. The van der Waals surface area contributed by atoms with Gasteiger partial charge in [0, 0.05) is 92.0 Å². The fraction of sp³-hybridized carbons (Fsp3) is 0.593. The van der Waals surface area contributed by atoms with Crippen LogP contribution in [0.3, 0.4) is 0 Å². The lowest BCUT2D eigenvalue weighted by atomic mass is 10.0. The molecule has 2 N–H and O–H groups in total. The summed E-state index contributed by atoms with van der Waals surface area (Å²) in [5.74, 6) is 1.39. The Labute approximate surface area is 438 Å². The fourth-order valence-corrected chi connectivity index (χ4v) is 11.3. The van der Waals surface area contributed by atoms with Crippen LogP contribution in [0.25, 0.3) is 10.8 Å². The van der Waals surface area contributed by atoms with Crippen molar-refractivity contribution in [3.63, 3.8) is 0 Å². The topological polar surface area (TPSA) is 216 Å². The molecule has 21 heteroatoms. The molecule has 4 atom stereocenters. The number of aromatic nitrogens is 4. The molecule has 3 unspecified atom stereocenters. The Hall–Kier alpha value is -6.81. The Morgan fingerprint density at radius 2 is 1.29 bits per heavy atom. The molecule has 20 nitrogen and oxygen atoms in total. The van der Waals surface area contributed by atoms with Crippen LogP contribution >= 0.6 is 0 Å². The molecule has 75 heavy (non-hydrogen) atoms. The van der Waals surface area contributed by atoms with Crippen LogP contribution < -0.4 is 29.5 Å². The van der Waals surface area contributed by atoms with Gasteiger partial charge in [-0.25, -0.2) is 14.0 Å². The Morgan fingerprint density at radius 1 is 0.720 bits per heavy atom. The molecule has 0 aliphatic carbocycles. The smallest absolute Gasteiger partial charge is 0.410 e. The number of piperazine rings is 2. The summed E-state index contributed by atoms with van der Waals surface area (Å²) in [6, 6.07) is 16.0. The number of halogens is 1. The summed E-state index contributed by atoms with van der Waals surface area (Å²) in [4.78, 5) is 58.1. The summed E-state index contributed by atoms with van der Waals surface area (Å²) < 4.78 is 32.6. The number of rotatable bonds is 11. The van der Waals surface area contributed by atoms with Gasteiger partial charge in [0.15, 0.2) is 0 Å². The van der Waals surface area contributed by atoms with Crippen molar-refractivity contribution in [2.24, 2.45) is 0 Å². The number of nitrogens with zero attached hydrogens (tertiary/aromatic N) is 13. The number of hydrogen-bond acceptors (Lipinski definition) is 17. The quantitative estimate of drug-likeness (QED) is 0.181. The summed E-state index contributed by atoms with van der Waals surface area (Å²) in [6.45, 7) is 14.2. The molecule has 0 spiro atoms. The second kappa shape index (κ2) is 23.4. The molecular weight excluding hydrogens is 960 g/mol. The molecule has 8 heterocycles. The molecular formula is C54H71FN14O6. The van der Waals surface area contributed by atoms with Gasteiger partial charge in [-0.1, -0.05) is 24.3 Å². The van der Waals surface area contributed by atoms with E-state index in [1.165, 1.54) is 17.4 Å². The molecule has 0 saturated carbocycles. The lowest BCUT2D eigenvalue weighted by molar-refractivity contribution is 0.0144. The van der Waals surface area contributed by atoms with Crippen molar-refractivity contribution in [1.29, 1.82) is 10.5 Å². The van der Waals surface area contributed by atoms with Crippen LogP contribution in [0.5, 0.6) is 12.0 Å². The number of carbonyl (C=O) groups is 2. The van der Waals surface area contributed by atoms with Gasteiger partial charge in [-0.3, -0.25) is 0 Å². The van der Waals surface area contributed by atoms with E-state index in [-0.39, 0.29) is 30.7 Å². The largest absolute Gasteiger partial charge is 0.465 e. The van der Waals surface area contributed by atoms with E-state index < -0.39 is 17.8 Å². The number of hydrogen-bond donors (Lipinski definition) is 2. The lowest BCUT2D eigenvalue weighted by Gasteiger charge is -2.42. The minimum absolute atomic E-state index is 0.162. The van der Waals surface area contributed by atoms with Crippen LogP contribution in [0.2, 0.25) is 0 Å². The third kappa shape index (κ3) is 12.3. The number of ether oxygens (including phenoxy) is 3. The van der Waals surface area contributed by atoms with Crippen LogP contribution in [-0.2, 0) is 30.7 Å². The first-order valence-corrected chi connectivity index (χ1v) is 26.5. The molecule has 2 aromatic carbocycles. The second-order valence-corrected chi connectivity index (χ2v) is 21.5. The van der Waals surface area contributed by atoms with Crippen molar-refractivity contribution in [2.45, 2.75) is 115 Å². The van der Waals surface area contributed by atoms with E-state index >= 15 is 0 Å². The van der Waals surface area contributed by atoms with Crippen LogP contribution in [-0.4, -0.2) is 179 Å². The molecule has 4 fully saturated rings. The zero-order valence-corrected chi connectivity index (χ0v) is 44.0. The van der Waals surface area contributed by atoms with Crippen LogP contribution in [0.15, 0.2) is 36.4 Å². The molecule has 2 amide bonds. The van der Waals surface area contributed by atoms with E-state index in [2.05, 4.69) is 61.0 Å². The van der Waals surface area contributed by atoms with Crippen LogP contribution in [0.1, 0.15) is 81.8 Å². The zero-order chi connectivity index (χ0) is 52.8. The van der Waals surface area contributed by atoms with Crippen molar-refractivity contribution in [3.8, 4) is 24.2 Å². The van der Waals surface area contributed by atoms with Gasteiger partial charge in [-0.2, -0.15) is 30.5 Å². The molecule has 6 aliphatic rings. The van der Waals surface area contributed by atoms with Crippen molar-refractivity contribution in [2.75, 3.05) is 107 Å². The number of anilines is 3. The van der Waals surface area contributed by atoms with Crippen molar-refractivity contribution in [1.82, 2.24) is 44.9 Å². The number of amides is 2. The Kier molecular flexibility index (Phi) is 16.5. The first-order chi connectivity index (χ1) is 36.2. The number of likely N-dealkylation sites (tertiary alicyclic amines) is 2. The zero-order valence-electron chi connectivity index (χ0n) is 44.0. The van der Waals surface area contributed by atoms with Gasteiger partial charge in [-0.05, 0) is 105 Å². The maximum atomic E-state index is 14.7. The summed E-state index contributed by atoms with van der Waals surface area (Å²) in [5.41, 5.74) is 4.30. The highest BCUT2D eigenvalue weighted by atomic mass is 19.1. The fourth-order valence-electron chi connectivity index (χ4n) is 11.3.